The van der Waals surface area contributed by atoms with Gasteiger partial charge in [0.25, 0.3) is 0 Å². The molecule has 1 aromatic heterocycles. The Bertz CT molecular complexity index is 1790. The molecule has 0 bridgehead atoms. The Hall–Kier alpha value is -4.81. The molecule has 0 saturated carbocycles. The molecule has 5 rings (SSSR count). The van der Waals surface area contributed by atoms with Crippen LogP contribution >= 0.6 is 11.8 Å². The molecule has 12 heteroatoms. The standard InChI is InChI=1S/C34H32F3N3O5S/c1-39(23-8-12-30(42-2)32(17-23)44-4)33-19-38-34(40(33)24-7-11-27(35)31(18-24)43-3)46-20-26-28(36)15-22(16-29(26)37)21-5-9-25(10-6-21)45-14-13-41/h5-12,15-19,41H,13-14,20H2,1-4H3. The largest absolute Gasteiger partial charge is 0.494 e. The number of nitrogens with zero attached hydrogens (tertiary/aromatic N) is 3. The van der Waals surface area contributed by atoms with Gasteiger partial charge in [-0.25, -0.2) is 18.2 Å². The fourth-order valence-corrected chi connectivity index (χ4v) is 5.82. The van der Waals surface area contributed by atoms with E-state index in [1.807, 2.05) is 18.0 Å². The van der Waals surface area contributed by atoms with E-state index < -0.39 is 17.5 Å². The Morgan fingerprint density at radius 1 is 0.783 bits per heavy atom. The molecule has 0 spiro atoms. The van der Waals surface area contributed by atoms with Gasteiger partial charge < -0.3 is 29.0 Å². The van der Waals surface area contributed by atoms with Crippen LogP contribution in [0, 0.1) is 17.5 Å². The average molecular weight is 652 g/mol. The van der Waals surface area contributed by atoms with Crippen LogP contribution in [0.3, 0.4) is 0 Å². The number of rotatable bonds is 13. The molecule has 0 aliphatic carbocycles. The predicted octanol–water partition coefficient (Wildman–Crippen LogP) is 7.41. The topological polar surface area (TPSA) is 78.2 Å². The molecule has 8 nitrogen and oxygen atoms in total. The van der Waals surface area contributed by atoms with Gasteiger partial charge in [0, 0.05) is 36.2 Å². The Labute approximate surface area is 268 Å². The molecular weight excluding hydrogens is 619 g/mol. The van der Waals surface area contributed by atoms with Crippen molar-refractivity contribution in [2.75, 3.05) is 46.5 Å². The second-order valence-corrected chi connectivity index (χ2v) is 10.9. The monoisotopic (exact) mass is 651 g/mol. The average Bonchev–Trinajstić information content (AvgIpc) is 3.50. The predicted molar refractivity (Wildman–Crippen MR) is 172 cm³/mol. The third kappa shape index (κ3) is 6.87. The number of imidazole rings is 1. The first-order valence-corrected chi connectivity index (χ1v) is 15.1. The minimum absolute atomic E-state index is 0.0301. The van der Waals surface area contributed by atoms with E-state index in [0.717, 1.165) is 17.4 Å². The van der Waals surface area contributed by atoms with E-state index >= 15 is 8.78 Å². The van der Waals surface area contributed by atoms with Gasteiger partial charge in [-0.2, -0.15) is 0 Å². The van der Waals surface area contributed by atoms with Crippen LogP contribution in [-0.2, 0) is 5.75 Å². The van der Waals surface area contributed by atoms with Crippen molar-refractivity contribution in [2.24, 2.45) is 0 Å². The fourth-order valence-electron chi connectivity index (χ4n) is 4.81. The first kappa shape index (κ1) is 32.6. The highest BCUT2D eigenvalue weighted by molar-refractivity contribution is 7.98. The smallest absolute Gasteiger partial charge is 0.174 e. The lowest BCUT2D eigenvalue weighted by atomic mass is 10.0. The van der Waals surface area contributed by atoms with E-state index in [9.17, 15) is 4.39 Å². The zero-order chi connectivity index (χ0) is 32.8. The van der Waals surface area contributed by atoms with Gasteiger partial charge in [-0.05, 0) is 59.7 Å². The quantitative estimate of drug-likeness (QED) is 0.132. The summed E-state index contributed by atoms with van der Waals surface area (Å²) in [4.78, 5) is 6.44. The molecular formula is C34H32F3N3O5S. The molecule has 0 atom stereocenters. The Kier molecular flexibility index (Phi) is 10.3. The number of aliphatic hydroxyl groups is 1. The normalized spacial score (nSPS) is 11.0. The number of thioether (sulfide) groups is 1. The molecule has 0 unspecified atom stereocenters. The number of anilines is 2. The molecule has 0 aliphatic heterocycles. The summed E-state index contributed by atoms with van der Waals surface area (Å²) in [6.07, 6.45) is 1.62. The van der Waals surface area contributed by atoms with Crippen molar-refractivity contribution in [3.05, 3.63) is 102 Å². The second kappa shape index (κ2) is 14.5. The Morgan fingerprint density at radius 2 is 1.48 bits per heavy atom. The number of halogens is 3. The highest BCUT2D eigenvalue weighted by atomic mass is 32.2. The van der Waals surface area contributed by atoms with Crippen LogP contribution in [0.25, 0.3) is 16.8 Å². The van der Waals surface area contributed by atoms with Crippen LogP contribution in [0.2, 0.25) is 0 Å². The molecule has 0 amide bonds. The van der Waals surface area contributed by atoms with Gasteiger partial charge in [-0.15, -0.1) is 0 Å². The van der Waals surface area contributed by atoms with Gasteiger partial charge in [0.05, 0.1) is 39.8 Å². The van der Waals surface area contributed by atoms with Crippen LogP contribution in [0.4, 0.5) is 24.7 Å². The van der Waals surface area contributed by atoms with Crippen molar-refractivity contribution >= 4 is 23.3 Å². The van der Waals surface area contributed by atoms with Crippen molar-refractivity contribution < 1.29 is 37.2 Å². The maximum Gasteiger partial charge on any atom is 0.174 e. The second-order valence-electron chi connectivity index (χ2n) is 9.96. The third-order valence-electron chi connectivity index (χ3n) is 7.24. The summed E-state index contributed by atoms with van der Waals surface area (Å²) in [5, 5.41) is 9.34. The van der Waals surface area contributed by atoms with E-state index in [4.69, 9.17) is 24.1 Å². The molecule has 1 heterocycles. The minimum Gasteiger partial charge on any atom is -0.494 e. The van der Waals surface area contributed by atoms with Gasteiger partial charge in [0.1, 0.15) is 29.8 Å². The Balaban J connectivity index is 1.47. The summed E-state index contributed by atoms with van der Waals surface area (Å²) < 4.78 is 68.3. The number of hydrogen-bond acceptors (Lipinski definition) is 8. The summed E-state index contributed by atoms with van der Waals surface area (Å²) in [7, 11) is 6.29. The van der Waals surface area contributed by atoms with Crippen molar-refractivity contribution in [2.45, 2.75) is 10.9 Å². The molecule has 46 heavy (non-hydrogen) atoms. The van der Waals surface area contributed by atoms with E-state index in [2.05, 4.69) is 4.98 Å². The highest BCUT2D eigenvalue weighted by Gasteiger charge is 2.21. The van der Waals surface area contributed by atoms with Crippen LogP contribution in [0.5, 0.6) is 23.0 Å². The zero-order valence-corrected chi connectivity index (χ0v) is 26.4. The number of aromatic nitrogens is 2. The Morgan fingerprint density at radius 3 is 2.13 bits per heavy atom. The van der Waals surface area contributed by atoms with Gasteiger partial charge in [0.2, 0.25) is 0 Å². The number of hydrogen-bond donors (Lipinski definition) is 1. The van der Waals surface area contributed by atoms with Crippen molar-refractivity contribution in [1.29, 1.82) is 0 Å². The molecule has 0 aliphatic rings. The minimum atomic E-state index is -0.702. The van der Waals surface area contributed by atoms with E-state index in [1.54, 1.807) is 67.4 Å². The maximum absolute atomic E-state index is 15.4. The summed E-state index contributed by atoms with van der Waals surface area (Å²) in [6, 6.07) is 19.1. The van der Waals surface area contributed by atoms with E-state index in [1.165, 1.54) is 31.4 Å². The number of aliphatic hydroxyl groups excluding tert-OH is 1. The van der Waals surface area contributed by atoms with E-state index in [-0.39, 0.29) is 30.3 Å². The first-order valence-electron chi connectivity index (χ1n) is 14.1. The zero-order valence-electron chi connectivity index (χ0n) is 25.6. The molecule has 240 valence electrons. The molecule has 0 saturated heterocycles. The number of ether oxygens (including phenoxy) is 4. The summed E-state index contributed by atoms with van der Waals surface area (Å²) >= 11 is 1.13. The van der Waals surface area contributed by atoms with Crippen molar-refractivity contribution in [3.63, 3.8) is 0 Å². The lowest BCUT2D eigenvalue weighted by Crippen LogP contribution is -2.14. The summed E-state index contributed by atoms with van der Waals surface area (Å²) in [5.41, 5.74) is 2.14. The number of benzene rings is 4. The van der Waals surface area contributed by atoms with Gasteiger partial charge in [-0.3, -0.25) is 4.57 Å². The number of methoxy groups -OCH3 is 3. The maximum atomic E-state index is 15.4. The van der Waals surface area contributed by atoms with Crippen LogP contribution in [0.1, 0.15) is 5.56 Å². The van der Waals surface area contributed by atoms with Crippen molar-refractivity contribution in [1.82, 2.24) is 9.55 Å². The van der Waals surface area contributed by atoms with E-state index in [0.29, 0.717) is 45.0 Å². The molecule has 0 fully saturated rings. The lowest BCUT2D eigenvalue weighted by molar-refractivity contribution is 0.201. The fraction of sp³-hybridized carbons (Fsp3) is 0.206. The van der Waals surface area contributed by atoms with Crippen LogP contribution in [-0.4, -0.2) is 56.2 Å². The lowest BCUT2D eigenvalue weighted by Gasteiger charge is -2.23. The first-order chi connectivity index (χ1) is 22.3. The van der Waals surface area contributed by atoms with Crippen molar-refractivity contribution in [3.8, 4) is 39.8 Å². The SMILES string of the molecule is COc1cc(-n2c(N(C)c3ccc(OC)c(OC)c3)cnc2SCc2c(F)cc(-c3ccc(OCCO)cc3)cc2F)ccc1F. The third-order valence-corrected chi connectivity index (χ3v) is 8.22. The molecule has 1 N–H and O–H groups in total. The van der Waals surface area contributed by atoms with Gasteiger partial charge >= 0.3 is 0 Å². The molecule has 0 radical (unpaired) electrons. The highest BCUT2D eigenvalue weighted by Crippen LogP contribution is 2.38. The van der Waals surface area contributed by atoms with Crippen LogP contribution in [0.15, 0.2) is 84.1 Å². The summed E-state index contributed by atoms with van der Waals surface area (Å²) in [5.74, 6) is 0.237. The van der Waals surface area contributed by atoms with Gasteiger partial charge in [0.15, 0.2) is 28.2 Å². The molecule has 5 aromatic rings. The summed E-state index contributed by atoms with van der Waals surface area (Å²) in [6.45, 7) is 0.0296. The van der Waals surface area contributed by atoms with Gasteiger partial charge in [-0.1, -0.05) is 23.9 Å². The molecule has 4 aromatic carbocycles. The van der Waals surface area contributed by atoms with Crippen LogP contribution < -0.4 is 23.8 Å².